The van der Waals surface area contributed by atoms with Crippen LogP contribution in [0, 0.1) is 11.7 Å². The van der Waals surface area contributed by atoms with Gasteiger partial charge in [0.05, 0.1) is 12.7 Å². The van der Waals surface area contributed by atoms with E-state index >= 15 is 0 Å². The van der Waals surface area contributed by atoms with Gasteiger partial charge in [-0.15, -0.1) is 0 Å². The first-order valence-electron chi connectivity index (χ1n) is 6.33. The van der Waals surface area contributed by atoms with Crippen molar-refractivity contribution in [1.29, 1.82) is 0 Å². The van der Waals surface area contributed by atoms with Crippen LogP contribution in [0.4, 0.5) is 4.39 Å². The molecule has 2 N–H and O–H groups in total. The van der Waals surface area contributed by atoms with Gasteiger partial charge in [0.15, 0.2) is 0 Å². The van der Waals surface area contributed by atoms with E-state index < -0.39 is 0 Å². The number of nitrogens with two attached hydrogens (primary N) is 1. The molecule has 0 heterocycles. The van der Waals surface area contributed by atoms with Crippen LogP contribution < -0.4 is 5.73 Å². The molecule has 17 heavy (non-hydrogen) atoms. The number of halogens is 1. The smallest absolute Gasteiger partial charge is 0.123 e. The third-order valence-corrected chi connectivity index (χ3v) is 3.25. The maximum absolute atomic E-state index is 13.2. The van der Waals surface area contributed by atoms with Gasteiger partial charge in [0.1, 0.15) is 5.82 Å². The lowest BCUT2D eigenvalue weighted by atomic mass is 10.0. The molecule has 0 aromatic heterocycles. The molecular formula is C14H20FNO. The maximum atomic E-state index is 13.2. The quantitative estimate of drug-likeness (QED) is 0.825. The minimum atomic E-state index is -0.231. The number of hydrogen-bond donors (Lipinski definition) is 1. The monoisotopic (exact) mass is 237 g/mol. The minimum Gasteiger partial charge on any atom is -0.372 e. The van der Waals surface area contributed by atoms with Crippen LogP contribution in [-0.4, -0.2) is 12.6 Å². The standard InChI is InChI=1S/C14H20FNO/c1-2-13(16)14(17-9-10-6-7-10)11-4-3-5-12(15)8-11/h3-5,8,10,13-14H,2,6-7,9,16H2,1H3. The molecule has 0 bridgehead atoms. The number of ether oxygens (including phenoxy) is 1. The number of benzene rings is 1. The van der Waals surface area contributed by atoms with Gasteiger partial charge in [0.25, 0.3) is 0 Å². The highest BCUT2D eigenvalue weighted by atomic mass is 19.1. The molecule has 0 spiro atoms. The number of rotatable bonds is 6. The van der Waals surface area contributed by atoms with E-state index in [9.17, 15) is 4.39 Å². The third kappa shape index (κ3) is 3.51. The molecule has 2 nitrogen and oxygen atoms in total. The molecule has 1 fully saturated rings. The average Bonchev–Trinajstić information content (AvgIpc) is 3.13. The highest BCUT2D eigenvalue weighted by Crippen LogP contribution is 2.32. The Labute approximate surface area is 102 Å². The second kappa shape index (κ2) is 5.61. The van der Waals surface area contributed by atoms with E-state index in [4.69, 9.17) is 10.5 Å². The Morgan fingerprint density at radius 1 is 1.47 bits per heavy atom. The van der Waals surface area contributed by atoms with Crippen molar-refractivity contribution >= 4 is 0 Å². The Morgan fingerprint density at radius 2 is 2.24 bits per heavy atom. The van der Waals surface area contributed by atoms with Crippen LogP contribution in [0.15, 0.2) is 24.3 Å². The molecule has 0 aliphatic heterocycles. The fourth-order valence-corrected chi connectivity index (χ4v) is 1.89. The van der Waals surface area contributed by atoms with E-state index in [1.807, 2.05) is 13.0 Å². The third-order valence-electron chi connectivity index (χ3n) is 3.25. The van der Waals surface area contributed by atoms with Crippen LogP contribution in [0.25, 0.3) is 0 Å². The van der Waals surface area contributed by atoms with Crippen molar-refractivity contribution in [2.24, 2.45) is 11.7 Å². The molecule has 2 unspecified atom stereocenters. The zero-order valence-corrected chi connectivity index (χ0v) is 10.2. The van der Waals surface area contributed by atoms with Gasteiger partial charge in [0.2, 0.25) is 0 Å². The molecule has 1 aromatic carbocycles. The van der Waals surface area contributed by atoms with E-state index in [-0.39, 0.29) is 18.0 Å². The Kier molecular flexibility index (Phi) is 4.13. The summed E-state index contributed by atoms with van der Waals surface area (Å²) in [6.45, 7) is 2.77. The Balaban J connectivity index is 2.07. The molecule has 3 heteroatoms. The second-order valence-electron chi connectivity index (χ2n) is 4.82. The molecule has 1 saturated carbocycles. The van der Waals surface area contributed by atoms with Crippen LogP contribution in [0.2, 0.25) is 0 Å². The van der Waals surface area contributed by atoms with Crippen molar-refractivity contribution in [3.05, 3.63) is 35.6 Å². The lowest BCUT2D eigenvalue weighted by Gasteiger charge is -2.24. The summed E-state index contributed by atoms with van der Waals surface area (Å²) >= 11 is 0. The first kappa shape index (κ1) is 12.5. The summed E-state index contributed by atoms with van der Waals surface area (Å²) in [6, 6.07) is 6.48. The molecule has 2 rings (SSSR count). The van der Waals surface area contributed by atoms with Gasteiger partial charge >= 0.3 is 0 Å². The Morgan fingerprint density at radius 3 is 2.82 bits per heavy atom. The van der Waals surface area contributed by atoms with Crippen LogP contribution >= 0.6 is 0 Å². The first-order valence-corrected chi connectivity index (χ1v) is 6.33. The van der Waals surface area contributed by atoms with Crippen molar-refractivity contribution in [2.45, 2.75) is 38.3 Å². The van der Waals surface area contributed by atoms with Crippen molar-refractivity contribution in [2.75, 3.05) is 6.61 Å². The van der Waals surface area contributed by atoms with E-state index in [0.717, 1.165) is 18.6 Å². The summed E-state index contributed by atoms with van der Waals surface area (Å²) in [4.78, 5) is 0. The van der Waals surface area contributed by atoms with Crippen molar-refractivity contribution in [1.82, 2.24) is 0 Å². The summed E-state index contributed by atoms with van der Waals surface area (Å²) in [7, 11) is 0. The molecule has 1 aliphatic rings. The molecule has 0 amide bonds. The molecular weight excluding hydrogens is 217 g/mol. The SMILES string of the molecule is CCC(N)C(OCC1CC1)c1cccc(F)c1. The van der Waals surface area contributed by atoms with Gasteiger partial charge in [-0.1, -0.05) is 19.1 Å². The largest absolute Gasteiger partial charge is 0.372 e. The number of hydrogen-bond acceptors (Lipinski definition) is 2. The topological polar surface area (TPSA) is 35.2 Å². The highest BCUT2D eigenvalue weighted by Gasteiger charge is 2.26. The molecule has 94 valence electrons. The van der Waals surface area contributed by atoms with Crippen LogP contribution in [0.5, 0.6) is 0 Å². The lowest BCUT2D eigenvalue weighted by molar-refractivity contribution is 0.0266. The zero-order chi connectivity index (χ0) is 12.3. The molecule has 0 saturated heterocycles. The lowest BCUT2D eigenvalue weighted by Crippen LogP contribution is -2.30. The van der Waals surface area contributed by atoms with E-state index in [1.54, 1.807) is 6.07 Å². The van der Waals surface area contributed by atoms with Gasteiger partial charge in [-0.05, 0) is 42.9 Å². The van der Waals surface area contributed by atoms with E-state index in [0.29, 0.717) is 5.92 Å². The fourth-order valence-electron chi connectivity index (χ4n) is 1.89. The summed E-state index contributed by atoms with van der Waals surface area (Å²) < 4.78 is 19.1. The Bertz CT molecular complexity index is 365. The molecule has 1 aromatic rings. The minimum absolute atomic E-state index is 0.0736. The molecule has 1 aliphatic carbocycles. The zero-order valence-electron chi connectivity index (χ0n) is 10.2. The molecule has 0 radical (unpaired) electrons. The predicted molar refractivity (Wildman–Crippen MR) is 66.1 cm³/mol. The second-order valence-corrected chi connectivity index (χ2v) is 4.82. The first-order chi connectivity index (χ1) is 8.20. The van der Waals surface area contributed by atoms with Crippen molar-refractivity contribution in [3.63, 3.8) is 0 Å². The van der Waals surface area contributed by atoms with Gasteiger partial charge < -0.3 is 10.5 Å². The molecule has 2 atom stereocenters. The normalized spacial score (nSPS) is 19.0. The van der Waals surface area contributed by atoms with Crippen molar-refractivity contribution < 1.29 is 9.13 Å². The fraction of sp³-hybridized carbons (Fsp3) is 0.571. The van der Waals surface area contributed by atoms with Gasteiger partial charge in [-0.25, -0.2) is 4.39 Å². The van der Waals surface area contributed by atoms with Crippen LogP contribution in [-0.2, 0) is 4.74 Å². The summed E-state index contributed by atoms with van der Waals surface area (Å²) in [5.41, 5.74) is 6.91. The summed E-state index contributed by atoms with van der Waals surface area (Å²) in [5, 5.41) is 0. The van der Waals surface area contributed by atoms with Gasteiger partial charge in [0, 0.05) is 6.04 Å². The van der Waals surface area contributed by atoms with E-state index in [1.165, 1.54) is 25.0 Å². The predicted octanol–water partition coefficient (Wildman–Crippen LogP) is 3.03. The average molecular weight is 237 g/mol. The summed E-state index contributed by atoms with van der Waals surface area (Å²) in [6.07, 6.45) is 3.14. The Hall–Kier alpha value is -0.930. The van der Waals surface area contributed by atoms with E-state index in [2.05, 4.69) is 0 Å². The highest BCUT2D eigenvalue weighted by molar-refractivity contribution is 5.20. The summed E-state index contributed by atoms with van der Waals surface area (Å²) in [5.74, 6) is 0.459. The van der Waals surface area contributed by atoms with Crippen molar-refractivity contribution in [3.8, 4) is 0 Å². The van der Waals surface area contributed by atoms with Gasteiger partial charge in [-0.2, -0.15) is 0 Å². The van der Waals surface area contributed by atoms with Gasteiger partial charge in [-0.3, -0.25) is 0 Å². The van der Waals surface area contributed by atoms with Crippen LogP contribution in [0.1, 0.15) is 37.9 Å². The maximum Gasteiger partial charge on any atom is 0.123 e. The van der Waals surface area contributed by atoms with Crippen LogP contribution in [0.3, 0.4) is 0 Å².